The number of aliphatic hydroxyl groups excluding tert-OH is 1. The number of rotatable bonds is 6. The van der Waals surface area contributed by atoms with E-state index < -0.39 is 11.6 Å². The van der Waals surface area contributed by atoms with Gasteiger partial charge in [0.1, 0.15) is 5.82 Å². The van der Waals surface area contributed by atoms with Crippen molar-refractivity contribution in [1.29, 1.82) is 0 Å². The molecule has 0 spiro atoms. The van der Waals surface area contributed by atoms with Crippen molar-refractivity contribution >= 4 is 17.5 Å². The summed E-state index contributed by atoms with van der Waals surface area (Å²) in [4.78, 5) is 22.0. The summed E-state index contributed by atoms with van der Waals surface area (Å²) in [6.45, 7) is 4.04. The van der Waals surface area contributed by atoms with Gasteiger partial charge in [-0.1, -0.05) is 31.2 Å². The zero-order valence-electron chi connectivity index (χ0n) is 18.9. The van der Waals surface area contributed by atoms with Crippen LogP contribution in [0.4, 0.5) is 11.6 Å². The van der Waals surface area contributed by atoms with Crippen LogP contribution in [0.5, 0.6) is 11.5 Å². The van der Waals surface area contributed by atoms with E-state index in [4.69, 9.17) is 9.47 Å². The maximum Gasteiger partial charge on any atom is 0.253 e. The highest BCUT2D eigenvalue weighted by Gasteiger charge is 2.35. The van der Waals surface area contributed by atoms with Gasteiger partial charge < -0.3 is 29.8 Å². The fourth-order valence-electron chi connectivity index (χ4n) is 4.00. The molecule has 0 fully saturated rings. The van der Waals surface area contributed by atoms with E-state index in [-0.39, 0.29) is 12.7 Å². The number of carbonyl (C=O) groups is 1. The Morgan fingerprint density at radius 2 is 2.12 bits per heavy atom. The molecule has 3 N–H and O–H groups in total. The van der Waals surface area contributed by atoms with E-state index in [0.717, 1.165) is 11.3 Å². The van der Waals surface area contributed by atoms with Crippen molar-refractivity contribution in [3.63, 3.8) is 0 Å². The molecule has 0 saturated heterocycles. The number of carbonyl (C=O) groups excluding carboxylic acids is 1. The highest BCUT2D eigenvalue weighted by Crippen LogP contribution is 2.35. The Balaban J connectivity index is 1.36. The van der Waals surface area contributed by atoms with E-state index in [2.05, 4.69) is 20.6 Å². The van der Waals surface area contributed by atoms with Gasteiger partial charge in [-0.25, -0.2) is 4.98 Å². The van der Waals surface area contributed by atoms with Gasteiger partial charge in [0.05, 0.1) is 17.2 Å². The molecule has 9 nitrogen and oxygen atoms in total. The summed E-state index contributed by atoms with van der Waals surface area (Å²) in [5.41, 5.74) is 1.25. The first-order chi connectivity index (χ1) is 16.5. The maximum absolute atomic E-state index is 13.0. The standard InChI is InChI=1S/C25H25N5O4/c1-3-25(10-5-4-6-21(25)31)29-23(32)17-9-11-30(14-17)22-16(2)13-26-24(28-22)27-18-7-8-19-20(12-18)34-15-33-19/h4-14,21,31H,3,15H2,1-2H3,(H,29,32)(H,26,27,28). The Morgan fingerprint density at radius 1 is 1.26 bits per heavy atom. The van der Waals surface area contributed by atoms with Gasteiger partial charge in [0.15, 0.2) is 11.5 Å². The molecular formula is C25H25N5O4. The number of anilines is 2. The lowest BCUT2D eigenvalue weighted by atomic mass is 9.85. The lowest BCUT2D eigenvalue weighted by molar-refractivity contribution is 0.0789. The van der Waals surface area contributed by atoms with Crippen LogP contribution in [0.3, 0.4) is 0 Å². The third kappa shape index (κ3) is 4.01. The number of nitrogens with one attached hydrogen (secondary N) is 2. The SMILES string of the molecule is CCC1(NC(=O)c2ccn(-c3nc(Nc4ccc5c(c4)OCO5)ncc3C)c2)C=CC=CC1O. The van der Waals surface area contributed by atoms with E-state index in [9.17, 15) is 9.90 Å². The Morgan fingerprint density at radius 3 is 2.94 bits per heavy atom. The van der Waals surface area contributed by atoms with Gasteiger partial charge in [-0.3, -0.25) is 4.79 Å². The predicted octanol–water partition coefficient (Wildman–Crippen LogP) is 3.41. The molecule has 9 heteroatoms. The molecule has 174 valence electrons. The average molecular weight is 460 g/mol. The Hall–Kier alpha value is -4.11. The molecule has 2 atom stereocenters. The minimum absolute atomic E-state index is 0.207. The Bertz CT molecular complexity index is 1300. The number of hydrogen-bond donors (Lipinski definition) is 3. The van der Waals surface area contributed by atoms with Crippen molar-refractivity contribution in [3.8, 4) is 17.3 Å². The lowest BCUT2D eigenvalue weighted by Crippen LogP contribution is -2.55. The quantitative estimate of drug-likeness (QED) is 0.518. The van der Waals surface area contributed by atoms with Crippen LogP contribution in [-0.4, -0.2) is 44.0 Å². The van der Waals surface area contributed by atoms with E-state index in [1.165, 1.54) is 0 Å². The molecule has 0 bridgehead atoms. The zero-order chi connectivity index (χ0) is 23.7. The molecule has 3 aromatic rings. The molecule has 1 aromatic carbocycles. The normalized spacial score (nSPS) is 20.4. The van der Waals surface area contributed by atoms with Crippen LogP contribution in [0.15, 0.2) is 67.2 Å². The van der Waals surface area contributed by atoms with Gasteiger partial charge in [0, 0.05) is 35.9 Å². The van der Waals surface area contributed by atoms with Gasteiger partial charge >= 0.3 is 0 Å². The number of fused-ring (bicyclic) bond motifs is 1. The van der Waals surface area contributed by atoms with Gasteiger partial charge in [0.2, 0.25) is 12.7 Å². The molecule has 1 amide bonds. The van der Waals surface area contributed by atoms with Crippen molar-refractivity contribution in [2.75, 3.05) is 12.1 Å². The Kier molecular flexibility index (Phi) is 5.54. The van der Waals surface area contributed by atoms with E-state index in [1.54, 1.807) is 41.4 Å². The van der Waals surface area contributed by atoms with Crippen LogP contribution in [0.2, 0.25) is 0 Å². The van der Waals surface area contributed by atoms with Gasteiger partial charge in [-0.2, -0.15) is 4.98 Å². The molecule has 0 radical (unpaired) electrons. The molecule has 1 aliphatic heterocycles. The van der Waals surface area contributed by atoms with Crippen LogP contribution in [-0.2, 0) is 0 Å². The summed E-state index contributed by atoms with van der Waals surface area (Å²) in [5.74, 6) is 2.14. The third-order valence-electron chi connectivity index (χ3n) is 6.03. The predicted molar refractivity (Wildman–Crippen MR) is 127 cm³/mol. The number of aromatic nitrogens is 3. The van der Waals surface area contributed by atoms with E-state index in [0.29, 0.717) is 35.2 Å². The number of aliphatic hydroxyl groups is 1. The summed E-state index contributed by atoms with van der Waals surface area (Å²) >= 11 is 0. The highest BCUT2D eigenvalue weighted by atomic mass is 16.7. The first-order valence-corrected chi connectivity index (χ1v) is 11.0. The maximum atomic E-state index is 13.0. The molecule has 5 rings (SSSR count). The van der Waals surface area contributed by atoms with Crippen molar-refractivity contribution in [3.05, 3.63) is 78.3 Å². The number of benzene rings is 1. The molecule has 34 heavy (non-hydrogen) atoms. The van der Waals surface area contributed by atoms with Crippen molar-refractivity contribution in [2.45, 2.75) is 31.9 Å². The van der Waals surface area contributed by atoms with E-state index in [1.807, 2.05) is 44.2 Å². The number of amides is 1. The van der Waals surface area contributed by atoms with E-state index >= 15 is 0 Å². The summed E-state index contributed by atoms with van der Waals surface area (Å²) in [6, 6.07) is 7.24. The first kappa shape index (κ1) is 21.7. The van der Waals surface area contributed by atoms with Crippen molar-refractivity contribution < 1.29 is 19.4 Å². The smallest absolute Gasteiger partial charge is 0.253 e. The summed E-state index contributed by atoms with van der Waals surface area (Å²) in [5, 5.41) is 16.6. The highest BCUT2D eigenvalue weighted by molar-refractivity contribution is 5.95. The summed E-state index contributed by atoms with van der Waals surface area (Å²) in [7, 11) is 0. The molecule has 3 heterocycles. The fourth-order valence-corrected chi connectivity index (χ4v) is 4.00. The second kappa shape index (κ2) is 8.68. The number of aryl methyl sites for hydroxylation is 1. The van der Waals surface area contributed by atoms with Gasteiger partial charge in [-0.05, 0) is 31.5 Å². The second-order valence-electron chi connectivity index (χ2n) is 8.24. The topological polar surface area (TPSA) is 111 Å². The van der Waals surface area contributed by atoms with Crippen molar-refractivity contribution in [2.24, 2.45) is 0 Å². The largest absolute Gasteiger partial charge is 0.454 e. The van der Waals surface area contributed by atoms with Crippen LogP contribution < -0.4 is 20.1 Å². The number of ether oxygens (including phenoxy) is 2. The third-order valence-corrected chi connectivity index (χ3v) is 6.03. The molecule has 1 aliphatic carbocycles. The van der Waals surface area contributed by atoms with Gasteiger partial charge in [0.25, 0.3) is 5.91 Å². The monoisotopic (exact) mass is 459 g/mol. The van der Waals surface area contributed by atoms with Crippen LogP contribution in [0.1, 0.15) is 29.3 Å². The molecule has 0 saturated carbocycles. The number of hydrogen-bond acceptors (Lipinski definition) is 7. The summed E-state index contributed by atoms with van der Waals surface area (Å²) < 4.78 is 12.5. The molecule has 2 unspecified atom stereocenters. The van der Waals surface area contributed by atoms with Crippen LogP contribution in [0, 0.1) is 6.92 Å². The number of allylic oxidation sites excluding steroid dienone is 2. The van der Waals surface area contributed by atoms with Crippen LogP contribution >= 0.6 is 0 Å². The Labute approximate surface area is 196 Å². The molecular weight excluding hydrogens is 434 g/mol. The molecule has 2 aliphatic rings. The minimum atomic E-state index is -0.833. The lowest BCUT2D eigenvalue weighted by Gasteiger charge is -2.35. The first-order valence-electron chi connectivity index (χ1n) is 11.0. The zero-order valence-corrected chi connectivity index (χ0v) is 18.9. The van der Waals surface area contributed by atoms with Gasteiger partial charge in [-0.15, -0.1) is 0 Å². The fraction of sp³-hybridized carbons (Fsp3) is 0.240. The number of nitrogens with zero attached hydrogens (tertiary/aromatic N) is 3. The molecule has 2 aromatic heterocycles. The summed E-state index contributed by atoms with van der Waals surface area (Å²) in [6.07, 6.45) is 12.1. The minimum Gasteiger partial charge on any atom is -0.454 e. The van der Waals surface area contributed by atoms with Crippen LogP contribution in [0.25, 0.3) is 5.82 Å². The average Bonchev–Trinajstić information content (AvgIpc) is 3.51. The second-order valence-corrected chi connectivity index (χ2v) is 8.24. The van der Waals surface area contributed by atoms with Crippen molar-refractivity contribution in [1.82, 2.24) is 19.9 Å².